The number of halogens is 1. The van der Waals surface area contributed by atoms with Crippen LogP contribution in [0, 0.1) is 5.82 Å². The van der Waals surface area contributed by atoms with Crippen LogP contribution in [0.15, 0.2) is 42.6 Å². The second kappa shape index (κ2) is 6.80. The van der Waals surface area contributed by atoms with E-state index in [0.29, 0.717) is 22.0 Å². The second-order valence-electron chi connectivity index (χ2n) is 6.22. The van der Waals surface area contributed by atoms with Gasteiger partial charge in [0.15, 0.2) is 0 Å². The molecule has 0 spiro atoms. The fraction of sp³-hybridized carbons (Fsp3) is 0.250. The summed E-state index contributed by atoms with van der Waals surface area (Å²) in [5.74, 6) is -0.786. The molecule has 0 radical (unpaired) electrons. The zero-order valence-corrected chi connectivity index (χ0v) is 14.4. The highest BCUT2D eigenvalue weighted by molar-refractivity contribution is 6.05. The summed E-state index contributed by atoms with van der Waals surface area (Å²) in [6.45, 7) is 3.14. The highest BCUT2D eigenvalue weighted by Crippen LogP contribution is 2.31. The summed E-state index contributed by atoms with van der Waals surface area (Å²) in [6, 6.07) is 10.9. The molecule has 0 saturated carbocycles. The number of ether oxygens (including phenoxy) is 2. The first-order valence-corrected chi connectivity index (χ1v) is 8.49. The number of H-pyrrole nitrogens is 1. The van der Waals surface area contributed by atoms with Crippen LogP contribution in [0.4, 0.5) is 10.1 Å². The van der Waals surface area contributed by atoms with Gasteiger partial charge in [-0.3, -0.25) is 0 Å². The van der Waals surface area contributed by atoms with Crippen molar-refractivity contribution < 1.29 is 18.7 Å². The van der Waals surface area contributed by atoms with Gasteiger partial charge in [-0.05, 0) is 29.8 Å². The molecule has 4 rings (SSSR count). The maximum Gasteiger partial charge on any atom is 0.340 e. The third-order valence-corrected chi connectivity index (χ3v) is 4.73. The molecule has 0 unspecified atom stereocenters. The SMILES string of the molecule is COC(=O)c1c[nH]c2cc(F)c(-c3ccc(N4CCOCC4)cc3)cc12. The first kappa shape index (κ1) is 16.6. The molecule has 2 aromatic carbocycles. The number of rotatable bonds is 3. The van der Waals surface area contributed by atoms with E-state index in [2.05, 4.69) is 9.88 Å². The van der Waals surface area contributed by atoms with Crippen LogP contribution in [-0.4, -0.2) is 44.4 Å². The number of morpholine rings is 1. The van der Waals surface area contributed by atoms with Crippen molar-refractivity contribution in [2.45, 2.75) is 0 Å². The van der Waals surface area contributed by atoms with E-state index in [1.165, 1.54) is 13.2 Å². The van der Waals surface area contributed by atoms with Crippen LogP contribution in [0.2, 0.25) is 0 Å². The van der Waals surface area contributed by atoms with Crippen LogP contribution in [-0.2, 0) is 9.47 Å². The Balaban J connectivity index is 1.71. The van der Waals surface area contributed by atoms with Crippen molar-refractivity contribution in [3.8, 4) is 11.1 Å². The Morgan fingerprint density at radius 1 is 1.19 bits per heavy atom. The molecule has 3 aromatic rings. The van der Waals surface area contributed by atoms with Crippen LogP contribution in [0.3, 0.4) is 0 Å². The van der Waals surface area contributed by atoms with Gasteiger partial charge in [0.05, 0.1) is 25.9 Å². The summed E-state index contributed by atoms with van der Waals surface area (Å²) < 4.78 is 24.8. The molecular formula is C20H19FN2O3. The molecule has 0 amide bonds. The minimum absolute atomic E-state index is 0.338. The first-order chi connectivity index (χ1) is 12.7. The van der Waals surface area contributed by atoms with E-state index in [4.69, 9.17) is 9.47 Å². The van der Waals surface area contributed by atoms with Crippen LogP contribution >= 0.6 is 0 Å². The van der Waals surface area contributed by atoms with Gasteiger partial charge >= 0.3 is 5.97 Å². The van der Waals surface area contributed by atoms with Crippen molar-refractivity contribution in [3.05, 3.63) is 54.0 Å². The maximum absolute atomic E-state index is 14.6. The normalized spacial score (nSPS) is 14.6. The topological polar surface area (TPSA) is 54.6 Å². The third kappa shape index (κ3) is 2.93. The summed E-state index contributed by atoms with van der Waals surface area (Å²) in [5.41, 5.74) is 3.27. The number of anilines is 1. The number of carbonyl (C=O) groups is 1. The molecule has 6 heteroatoms. The summed E-state index contributed by atoms with van der Waals surface area (Å²) in [5, 5.41) is 0.644. The maximum atomic E-state index is 14.6. The molecular weight excluding hydrogens is 335 g/mol. The van der Waals surface area contributed by atoms with Crippen molar-refractivity contribution in [3.63, 3.8) is 0 Å². The zero-order valence-electron chi connectivity index (χ0n) is 14.4. The molecule has 134 valence electrons. The van der Waals surface area contributed by atoms with E-state index in [1.54, 1.807) is 12.3 Å². The van der Waals surface area contributed by atoms with E-state index < -0.39 is 5.97 Å². The van der Waals surface area contributed by atoms with E-state index >= 15 is 0 Å². The van der Waals surface area contributed by atoms with Crippen molar-refractivity contribution in [1.82, 2.24) is 4.98 Å². The number of nitrogens with zero attached hydrogens (tertiary/aromatic N) is 1. The number of hydrogen-bond acceptors (Lipinski definition) is 4. The van der Waals surface area contributed by atoms with Gasteiger partial charge in [-0.25, -0.2) is 9.18 Å². The van der Waals surface area contributed by atoms with E-state index in [0.717, 1.165) is 37.6 Å². The predicted molar refractivity (Wildman–Crippen MR) is 98.1 cm³/mol. The van der Waals surface area contributed by atoms with Gasteiger partial charge in [0.1, 0.15) is 5.82 Å². The Bertz CT molecular complexity index is 944. The number of esters is 1. The molecule has 5 nitrogen and oxygen atoms in total. The highest BCUT2D eigenvalue weighted by Gasteiger charge is 2.16. The van der Waals surface area contributed by atoms with Gasteiger partial charge in [0.25, 0.3) is 0 Å². The minimum atomic E-state index is -0.448. The number of benzene rings is 2. The van der Waals surface area contributed by atoms with Crippen LogP contribution in [0.5, 0.6) is 0 Å². The van der Waals surface area contributed by atoms with E-state index in [9.17, 15) is 9.18 Å². The zero-order chi connectivity index (χ0) is 18.1. The first-order valence-electron chi connectivity index (χ1n) is 8.49. The van der Waals surface area contributed by atoms with E-state index in [-0.39, 0.29) is 5.82 Å². The van der Waals surface area contributed by atoms with Gasteiger partial charge < -0.3 is 19.4 Å². The number of aromatic nitrogens is 1. The lowest BCUT2D eigenvalue weighted by Gasteiger charge is -2.28. The number of nitrogens with one attached hydrogen (secondary N) is 1. The Hall–Kier alpha value is -2.86. The number of aromatic amines is 1. The van der Waals surface area contributed by atoms with Crippen LogP contribution in [0.25, 0.3) is 22.0 Å². The number of carbonyl (C=O) groups excluding carboxylic acids is 1. The highest BCUT2D eigenvalue weighted by atomic mass is 19.1. The molecule has 2 heterocycles. The molecule has 1 aromatic heterocycles. The number of fused-ring (bicyclic) bond motifs is 1. The monoisotopic (exact) mass is 354 g/mol. The third-order valence-electron chi connectivity index (χ3n) is 4.73. The Labute approximate surface area is 150 Å². The fourth-order valence-corrected chi connectivity index (χ4v) is 3.32. The van der Waals surface area contributed by atoms with Gasteiger partial charge in [0.2, 0.25) is 0 Å². The second-order valence-corrected chi connectivity index (χ2v) is 6.22. The molecule has 0 atom stereocenters. The summed E-state index contributed by atoms with van der Waals surface area (Å²) in [6.07, 6.45) is 1.54. The Morgan fingerprint density at radius 3 is 2.62 bits per heavy atom. The molecule has 1 aliphatic heterocycles. The smallest absolute Gasteiger partial charge is 0.340 e. The summed E-state index contributed by atoms with van der Waals surface area (Å²) >= 11 is 0. The largest absolute Gasteiger partial charge is 0.465 e. The van der Waals surface area contributed by atoms with Crippen molar-refractivity contribution in [2.75, 3.05) is 38.3 Å². The van der Waals surface area contributed by atoms with Crippen molar-refractivity contribution in [1.29, 1.82) is 0 Å². The fourth-order valence-electron chi connectivity index (χ4n) is 3.32. The van der Waals surface area contributed by atoms with Gasteiger partial charge in [-0.1, -0.05) is 12.1 Å². The molecule has 0 aliphatic carbocycles. The lowest BCUT2D eigenvalue weighted by atomic mass is 10.0. The lowest BCUT2D eigenvalue weighted by molar-refractivity contribution is 0.0603. The molecule has 1 aliphatic rings. The molecule has 1 saturated heterocycles. The summed E-state index contributed by atoms with van der Waals surface area (Å²) in [7, 11) is 1.33. The van der Waals surface area contributed by atoms with Gasteiger partial charge in [-0.2, -0.15) is 0 Å². The quantitative estimate of drug-likeness (QED) is 0.730. The number of hydrogen-bond donors (Lipinski definition) is 1. The Kier molecular flexibility index (Phi) is 4.34. The lowest BCUT2D eigenvalue weighted by Crippen LogP contribution is -2.36. The standard InChI is InChI=1S/C20H19FN2O3/c1-25-20(24)17-12-22-19-11-18(21)15(10-16(17)19)13-2-4-14(5-3-13)23-6-8-26-9-7-23/h2-5,10-12,22H,6-9H2,1H3. The average Bonchev–Trinajstić information content (AvgIpc) is 3.10. The van der Waals surface area contributed by atoms with Crippen LogP contribution in [0.1, 0.15) is 10.4 Å². The molecule has 0 bridgehead atoms. The Morgan fingerprint density at radius 2 is 1.92 bits per heavy atom. The molecule has 1 N–H and O–H groups in total. The van der Waals surface area contributed by atoms with Crippen molar-refractivity contribution in [2.24, 2.45) is 0 Å². The molecule has 1 fully saturated rings. The average molecular weight is 354 g/mol. The van der Waals surface area contributed by atoms with E-state index in [1.807, 2.05) is 24.3 Å². The predicted octanol–water partition coefficient (Wildman–Crippen LogP) is 3.60. The molecule has 26 heavy (non-hydrogen) atoms. The van der Waals surface area contributed by atoms with Crippen LogP contribution < -0.4 is 4.90 Å². The van der Waals surface area contributed by atoms with Gasteiger partial charge in [0, 0.05) is 41.4 Å². The number of methoxy groups -OCH3 is 1. The van der Waals surface area contributed by atoms with Gasteiger partial charge in [-0.15, -0.1) is 0 Å². The minimum Gasteiger partial charge on any atom is -0.465 e. The van der Waals surface area contributed by atoms with Crippen molar-refractivity contribution >= 4 is 22.6 Å². The summed E-state index contributed by atoms with van der Waals surface area (Å²) in [4.78, 5) is 17.0.